The van der Waals surface area contributed by atoms with Gasteiger partial charge in [0, 0.05) is 48.3 Å². The highest BCUT2D eigenvalue weighted by molar-refractivity contribution is 6.43. The minimum atomic E-state index is -0.516. The minimum absolute atomic E-state index is 0.0501. The maximum Gasteiger partial charge on any atom is 0.294 e. The molecule has 5 rings (SSSR count). The van der Waals surface area contributed by atoms with E-state index in [1.165, 1.54) is 12.1 Å². The number of carbonyl (C=O) groups is 3. The van der Waals surface area contributed by atoms with Gasteiger partial charge in [-0.05, 0) is 87.3 Å². The second-order valence-corrected chi connectivity index (χ2v) is 10.1. The number of hydrogen-bond acceptors (Lipinski definition) is 3. The van der Waals surface area contributed by atoms with Crippen molar-refractivity contribution >= 4 is 28.5 Å². The van der Waals surface area contributed by atoms with Crippen LogP contribution in [0.1, 0.15) is 64.1 Å². The van der Waals surface area contributed by atoms with E-state index in [0.717, 1.165) is 55.3 Å². The summed E-state index contributed by atoms with van der Waals surface area (Å²) in [5, 5.41) is 0.684. The first-order chi connectivity index (χ1) is 17.4. The first-order valence-electron chi connectivity index (χ1n) is 12.9. The number of nitrogens with zero attached hydrogens (tertiary/aromatic N) is 2. The minimum Gasteiger partial charge on any atom is -0.358 e. The molecule has 7 heteroatoms. The Bertz CT molecular complexity index is 1280. The number of aromatic nitrogens is 1. The maximum atomic E-state index is 13.6. The number of rotatable bonds is 5. The van der Waals surface area contributed by atoms with Gasteiger partial charge in [0.2, 0.25) is 5.78 Å². The van der Waals surface area contributed by atoms with E-state index in [1.54, 1.807) is 23.1 Å². The van der Waals surface area contributed by atoms with Gasteiger partial charge in [-0.1, -0.05) is 12.1 Å². The van der Waals surface area contributed by atoms with Gasteiger partial charge >= 0.3 is 0 Å². The number of nitrogens with one attached hydrogen (secondary N) is 1. The Morgan fingerprint density at radius 3 is 2.31 bits per heavy atom. The lowest BCUT2D eigenvalue weighted by Crippen LogP contribution is -2.40. The summed E-state index contributed by atoms with van der Waals surface area (Å²) >= 11 is 0. The fourth-order valence-electron chi connectivity index (χ4n) is 5.56. The molecule has 3 aromatic rings. The SMILES string of the molecule is Cc1[nH]c2ccc(C(=O)C(=O)N3CCCCC3)cc2c1C(=O)N1CCC(Cc2ccc(F)cc2)CC1. The van der Waals surface area contributed by atoms with Crippen molar-refractivity contribution in [1.82, 2.24) is 14.8 Å². The zero-order valence-corrected chi connectivity index (χ0v) is 20.7. The molecule has 1 N–H and O–H groups in total. The van der Waals surface area contributed by atoms with E-state index >= 15 is 0 Å². The Morgan fingerprint density at radius 1 is 0.917 bits per heavy atom. The first-order valence-corrected chi connectivity index (χ1v) is 12.9. The number of likely N-dealkylation sites (tertiary alicyclic amines) is 2. The number of fused-ring (bicyclic) bond motifs is 1. The Kier molecular flexibility index (Phi) is 6.90. The van der Waals surface area contributed by atoms with Gasteiger partial charge in [-0.25, -0.2) is 4.39 Å². The zero-order valence-electron chi connectivity index (χ0n) is 20.7. The monoisotopic (exact) mass is 489 g/mol. The van der Waals surface area contributed by atoms with Crippen LogP contribution < -0.4 is 0 Å². The molecule has 0 radical (unpaired) electrons. The van der Waals surface area contributed by atoms with E-state index in [9.17, 15) is 18.8 Å². The molecule has 3 heterocycles. The lowest BCUT2D eigenvalue weighted by atomic mass is 9.90. The molecule has 1 aromatic heterocycles. The molecule has 2 aliphatic heterocycles. The molecule has 0 atom stereocenters. The summed E-state index contributed by atoms with van der Waals surface area (Å²) in [6, 6.07) is 11.8. The number of piperidine rings is 2. The molecule has 0 unspecified atom stereocenters. The summed E-state index contributed by atoms with van der Waals surface area (Å²) in [4.78, 5) is 46.1. The molecule has 2 aromatic carbocycles. The third-order valence-electron chi connectivity index (χ3n) is 7.64. The van der Waals surface area contributed by atoms with Crippen molar-refractivity contribution in [1.29, 1.82) is 0 Å². The Hall–Kier alpha value is -3.48. The van der Waals surface area contributed by atoms with Crippen molar-refractivity contribution in [3.05, 3.63) is 70.7 Å². The highest BCUT2D eigenvalue weighted by atomic mass is 19.1. The number of hydrogen-bond donors (Lipinski definition) is 1. The molecule has 6 nitrogen and oxygen atoms in total. The van der Waals surface area contributed by atoms with Gasteiger partial charge in [0.25, 0.3) is 11.8 Å². The van der Waals surface area contributed by atoms with E-state index < -0.39 is 11.7 Å². The maximum absolute atomic E-state index is 13.6. The molecule has 2 saturated heterocycles. The highest BCUT2D eigenvalue weighted by Gasteiger charge is 2.29. The van der Waals surface area contributed by atoms with Crippen molar-refractivity contribution in [3.63, 3.8) is 0 Å². The van der Waals surface area contributed by atoms with Gasteiger partial charge in [-0.2, -0.15) is 0 Å². The summed E-state index contributed by atoms with van der Waals surface area (Å²) in [5.41, 5.74) is 3.55. The number of benzene rings is 2. The topological polar surface area (TPSA) is 73.5 Å². The van der Waals surface area contributed by atoms with Gasteiger partial charge < -0.3 is 14.8 Å². The van der Waals surface area contributed by atoms with Gasteiger partial charge in [-0.3, -0.25) is 14.4 Å². The Morgan fingerprint density at radius 2 is 1.61 bits per heavy atom. The van der Waals surface area contributed by atoms with Crippen LogP contribution in [-0.2, 0) is 11.2 Å². The number of amides is 2. The van der Waals surface area contributed by atoms with E-state index in [2.05, 4.69) is 4.98 Å². The van der Waals surface area contributed by atoms with Crippen LogP contribution in [0.25, 0.3) is 10.9 Å². The first kappa shape index (κ1) is 24.2. The van der Waals surface area contributed by atoms with Crippen LogP contribution in [0.2, 0.25) is 0 Å². The third-order valence-corrected chi connectivity index (χ3v) is 7.64. The van der Waals surface area contributed by atoms with E-state index in [1.807, 2.05) is 24.0 Å². The van der Waals surface area contributed by atoms with E-state index in [-0.39, 0.29) is 11.7 Å². The lowest BCUT2D eigenvalue weighted by Gasteiger charge is -2.32. The van der Waals surface area contributed by atoms with Crippen LogP contribution in [0.5, 0.6) is 0 Å². The average Bonchev–Trinajstić information content (AvgIpc) is 3.24. The fraction of sp³-hybridized carbons (Fsp3) is 0.414. The molecule has 2 fully saturated rings. The summed E-state index contributed by atoms with van der Waals surface area (Å²) in [7, 11) is 0. The third kappa shape index (κ3) is 4.92. The van der Waals surface area contributed by atoms with Crippen molar-refractivity contribution in [2.45, 2.75) is 45.4 Å². The molecular formula is C29H32FN3O3. The summed E-state index contributed by atoms with van der Waals surface area (Å²) in [6.45, 7) is 4.43. The fourth-order valence-corrected chi connectivity index (χ4v) is 5.56. The predicted molar refractivity (Wildman–Crippen MR) is 137 cm³/mol. The van der Waals surface area contributed by atoms with Gasteiger partial charge in [-0.15, -0.1) is 0 Å². The molecule has 0 spiro atoms. The van der Waals surface area contributed by atoms with Crippen LogP contribution in [0.15, 0.2) is 42.5 Å². The molecule has 188 valence electrons. The van der Waals surface area contributed by atoms with Gasteiger partial charge in [0.1, 0.15) is 5.82 Å². The van der Waals surface area contributed by atoms with Crippen molar-refractivity contribution in [2.24, 2.45) is 5.92 Å². The molecule has 2 aliphatic rings. The quantitative estimate of drug-likeness (QED) is 0.409. The molecule has 0 aliphatic carbocycles. The average molecular weight is 490 g/mol. The number of carbonyl (C=O) groups excluding carboxylic acids is 3. The normalized spacial score (nSPS) is 16.9. The number of halogens is 1. The Balaban J connectivity index is 1.30. The van der Waals surface area contributed by atoms with Crippen molar-refractivity contribution in [2.75, 3.05) is 26.2 Å². The number of ketones is 1. The molecule has 0 bridgehead atoms. The highest BCUT2D eigenvalue weighted by Crippen LogP contribution is 2.28. The van der Waals surface area contributed by atoms with Crippen LogP contribution in [0.4, 0.5) is 4.39 Å². The number of Topliss-reactive ketones (excluding diaryl/α,β-unsaturated/α-hetero) is 1. The van der Waals surface area contributed by atoms with Crippen molar-refractivity contribution in [3.8, 4) is 0 Å². The van der Waals surface area contributed by atoms with Crippen molar-refractivity contribution < 1.29 is 18.8 Å². The summed E-state index contributed by atoms with van der Waals surface area (Å²) in [5.74, 6) is -0.802. The van der Waals surface area contributed by atoms with Crippen LogP contribution in [-0.4, -0.2) is 58.6 Å². The standard InChI is InChI=1S/C29H32FN3O3/c1-19-26(28(35)33-15-11-21(12-16-33)17-20-5-8-23(30)9-6-20)24-18-22(7-10-25(24)31-19)27(34)29(36)32-13-3-2-4-14-32/h5-10,18,21,31H,2-4,11-17H2,1H3. The lowest BCUT2D eigenvalue weighted by molar-refractivity contribution is -0.127. The van der Waals surface area contributed by atoms with E-state index in [4.69, 9.17) is 0 Å². The van der Waals surface area contributed by atoms with Crippen LogP contribution in [0.3, 0.4) is 0 Å². The van der Waals surface area contributed by atoms with Gasteiger partial charge in [0.05, 0.1) is 5.56 Å². The largest absolute Gasteiger partial charge is 0.358 e. The number of aromatic amines is 1. The predicted octanol–water partition coefficient (Wildman–Crippen LogP) is 4.91. The molecular weight excluding hydrogens is 457 g/mol. The number of H-pyrrole nitrogens is 1. The second kappa shape index (κ2) is 10.2. The zero-order chi connectivity index (χ0) is 25.2. The summed E-state index contributed by atoms with van der Waals surface area (Å²) in [6.07, 6.45) is 5.59. The number of aryl methyl sites for hydroxylation is 1. The van der Waals surface area contributed by atoms with Crippen LogP contribution in [0, 0.1) is 18.7 Å². The van der Waals surface area contributed by atoms with Gasteiger partial charge in [0.15, 0.2) is 0 Å². The molecule has 0 saturated carbocycles. The smallest absolute Gasteiger partial charge is 0.294 e. The molecule has 2 amide bonds. The van der Waals surface area contributed by atoms with Crippen LogP contribution >= 0.6 is 0 Å². The van der Waals surface area contributed by atoms with E-state index in [0.29, 0.717) is 48.6 Å². The summed E-state index contributed by atoms with van der Waals surface area (Å²) < 4.78 is 13.2. The second-order valence-electron chi connectivity index (χ2n) is 10.1. The Labute approximate surface area is 210 Å². The molecule has 36 heavy (non-hydrogen) atoms.